The molecule has 0 fully saturated rings. The maximum absolute atomic E-state index is 12.4. The number of ether oxygens (including phenoxy) is 1. The van der Waals surface area contributed by atoms with Crippen LogP contribution in [0.15, 0.2) is 60.7 Å². The molecule has 2 aromatic rings. The van der Waals surface area contributed by atoms with Gasteiger partial charge in [-0.15, -0.1) is 0 Å². The first-order valence-electron chi connectivity index (χ1n) is 8.73. The van der Waals surface area contributed by atoms with E-state index in [1.807, 2.05) is 72.5 Å². The summed E-state index contributed by atoms with van der Waals surface area (Å²) in [7, 11) is 1.37. The summed E-state index contributed by atoms with van der Waals surface area (Å²) in [5, 5.41) is 10.6. The Bertz CT molecular complexity index is 589. The van der Waals surface area contributed by atoms with Crippen LogP contribution in [0.2, 0.25) is 0 Å². The molecule has 2 atom stereocenters. The lowest BCUT2D eigenvalue weighted by Gasteiger charge is -2.33. The Morgan fingerprint density at radius 1 is 1.00 bits per heavy atom. The molecule has 25 heavy (non-hydrogen) atoms. The first-order valence-corrected chi connectivity index (χ1v) is 8.73. The molecule has 0 aromatic heterocycles. The topological polar surface area (TPSA) is 49.8 Å². The Morgan fingerprint density at radius 3 is 1.88 bits per heavy atom. The maximum atomic E-state index is 12.4. The highest BCUT2D eigenvalue weighted by Gasteiger charge is 2.33. The van der Waals surface area contributed by atoms with Gasteiger partial charge in [-0.2, -0.15) is 0 Å². The number of rotatable bonds is 9. The van der Waals surface area contributed by atoms with Crippen LogP contribution < -0.4 is 0 Å². The van der Waals surface area contributed by atoms with E-state index in [0.29, 0.717) is 19.5 Å². The number of carbonyl (C=O) groups is 1. The average Bonchev–Trinajstić information content (AvgIpc) is 2.63. The lowest BCUT2D eigenvalue weighted by atomic mass is 10.0. The van der Waals surface area contributed by atoms with E-state index in [-0.39, 0.29) is 0 Å². The summed E-state index contributed by atoms with van der Waals surface area (Å²) in [6, 6.07) is 19.3. The van der Waals surface area contributed by atoms with Crippen LogP contribution in [0.4, 0.5) is 0 Å². The summed E-state index contributed by atoms with van der Waals surface area (Å²) in [6.45, 7) is 3.13. The molecule has 0 saturated carbocycles. The fraction of sp³-hybridized carbons (Fsp3) is 0.381. The summed E-state index contributed by atoms with van der Waals surface area (Å²) < 4.78 is 5.00. The second-order valence-corrected chi connectivity index (χ2v) is 6.20. The third-order valence-electron chi connectivity index (χ3n) is 4.24. The molecule has 0 radical (unpaired) electrons. The standard InChI is InChI=1S/C21H27NO3/c1-3-10-19(23)20(21(24)25-2)22(15-17-11-6-4-7-12-17)16-18-13-8-5-9-14-18/h4-9,11-14,19-20,23H,3,10,15-16H2,1-2H3/t19-,20+/m0/s1. The van der Waals surface area contributed by atoms with Crippen LogP contribution in [-0.2, 0) is 22.6 Å². The first-order chi connectivity index (χ1) is 12.2. The molecular formula is C21H27NO3. The fourth-order valence-electron chi connectivity index (χ4n) is 3.01. The lowest BCUT2D eigenvalue weighted by molar-refractivity contribution is -0.152. The minimum Gasteiger partial charge on any atom is -0.468 e. The predicted octanol–water partition coefficient (Wildman–Crippen LogP) is 3.39. The van der Waals surface area contributed by atoms with Crippen molar-refractivity contribution in [2.75, 3.05) is 7.11 Å². The Morgan fingerprint density at radius 2 is 1.48 bits per heavy atom. The molecule has 0 aliphatic heterocycles. The van der Waals surface area contributed by atoms with Crippen molar-refractivity contribution in [2.24, 2.45) is 0 Å². The first kappa shape index (κ1) is 19.2. The van der Waals surface area contributed by atoms with Gasteiger partial charge >= 0.3 is 5.97 Å². The predicted molar refractivity (Wildman–Crippen MR) is 98.8 cm³/mol. The van der Waals surface area contributed by atoms with Crippen molar-refractivity contribution in [3.8, 4) is 0 Å². The van der Waals surface area contributed by atoms with Crippen LogP contribution in [0.1, 0.15) is 30.9 Å². The highest BCUT2D eigenvalue weighted by molar-refractivity contribution is 5.76. The average molecular weight is 341 g/mol. The van der Waals surface area contributed by atoms with Crippen LogP contribution in [0.3, 0.4) is 0 Å². The van der Waals surface area contributed by atoms with Gasteiger partial charge in [-0.3, -0.25) is 9.69 Å². The molecule has 0 unspecified atom stereocenters. The fourth-order valence-corrected chi connectivity index (χ4v) is 3.01. The third-order valence-corrected chi connectivity index (χ3v) is 4.24. The summed E-state index contributed by atoms with van der Waals surface area (Å²) >= 11 is 0. The Hall–Kier alpha value is -2.17. The Kier molecular flexibility index (Phi) is 7.64. The molecule has 2 rings (SSSR count). The Labute approximate surface area is 150 Å². The number of hydrogen-bond acceptors (Lipinski definition) is 4. The molecule has 0 aliphatic rings. The van der Waals surface area contributed by atoms with E-state index in [9.17, 15) is 9.90 Å². The van der Waals surface area contributed by atoms with Crippen LogP contribution in [0.5, 0.6) is 0 Å². The van der Waals surface area contributed by atoms with Crippen molar-refractivity contribution in [1.29, 1.82) is 0 Å². The Balaban J connectivity index is 2.30. The van der Waals surface area contributed by atoms with Crippen LogP contribution >= 0.6 is 0 Å². The van der Waals surface area contributed by atoms with E-state index in [0.717, 1.165) is 17.5 Å². The van der Waals surface area contributed by atoms with Gasteiger partial charge in [0, 0.05) is 13.1 Å². The van der Waals surface area contributed by atoms with Crippen molar-refractivity contribution in [2.45, 2.75) is 45.0 Å². The van der Waals surface area contributed by atoms with Crippen LogP contribution in [-0.4, -0.2) is 35.2 Å². The highest BCUT2D eigenvalue weighted by Crippen LogP contribution is 2.19. The summed E-state index contributed by atoms with van der Waals surface area (Å²) in [5.41, 5.74) is 2.19. The smallest absolute Gasteiger partial charge is 0.325 e. The van der Waals surface area contributed by atoms with Crippen molar-refractivity contribution >= 4 is 5.97 Å². The highest BCUT2D eigenvalue weighted by atomic mass is 16.5. The molecule has 0 saturated heterocycles. The van der Waals surface area contributed by atoms with E-state index in [2.05, 4.69) is 0 Å². The van der Waals surface area contributed by atoms with Gasteiger partial charge in [0.2, 0.25) is 0 Å². The van der Waals surface area contributed by atoms with E-state index in [1.54, 1.807) is 0 Å². The second kappa shape index (κ2) is 9.97. The van der Waals surface area contributed by atoms with Crippen LogP contribution in [0, 0.1) is 0 Å². The van der Waals surface area contributed by atoms with Gasteiger partial charge < -0.3 is 9.84 Å². The monoisotopic (exact) mass is 341 g/mol. The number of carbonyl (C=O) groups excluding carboxylic acids is 1. The molecule has 134 valence electrons. The molecule has 0 aliphatic carbocycles. The van der Waals surface area contributed by atoms with E-state index in [4.69, 9.17) is 4.74 Å². The van der Waals surface area contributed by atoms with Crippen molar-refractivity contribution in [3.05, 3.63) is 71.8 Å². The number of nitrogens with zero attached hydrogens (tertiary/aromatic N) is 1. The molecule has 0 amide bonds. The van der Waals surface area contributed by atoms with Gasteiger partial charge in [-0.05, 0) is 17.5 Å². The molecular weight excluding hydrogens is 314 g/mol. The zero-order valence-corrected chi connectivity index (χ0v) is 15.0. The van der Waals surface area contributed by atoms with Crippen molar-refractivity contribution in [1.82, 2.24) is 4.90 Å². The normalized spacial score (nSPS) is 13.4. The van der Waals surface area contributed by atoms with Crippen molar-refractivity contribution in [3.63, 3.8) is 0 Å². The number of aliphatic hydroxyl groups excluding tert-OH is 1. The summed E-state index contributed by atoms with van der Waals surface area (Å²) in [6.07, 6.45) is 0.601. The SMILES string of the molecule is CCC[C@H](O)[C@H](C(=O)OC)N(Cc1ccccc1)Cc1ccccc1. The van der Waals surface area contributed by atoms with Gasteiger partial charge in [-0.25, -0.2) is 0 Å². The minimum absolute atomic E-state index is 0.396. The number of hydrogen-bond donors (Lipinski definition) is 1. The quantitative estimate of drug-likeness (QED) is 0.710. The molecule has 4 heteroatoms. The third kappa shape index (κ3) is 5.69. The number of benzene rings is 2. The second-order valence-electron chi connectivity index (χ2n) is 6.20. The molecule has 1 N–H and O–H groups in total. The maximum Gasteiger partial charge on any atom is 0.325 e. The van der Waals surface area contributed by atoms with Gasteiger partial charge in [0.25, 0.3) is 0 Å². The number of esters is 1. The van der Waals surface area contributed by atoms with Gasteiger partial charge in [0.15, 0.2) is 0 Å². The van der Waals surface area contributed by atoms with E-state index < -0.39 is 18.1 Å². The zero-order chi connectivity index (χ0) is 18.1. The number of aliphatic hydroxyl groups is 1. The van der Waals surface area contributed by atoms with Crippen molar-refractivity contribution < 1.29 is 14.6 Å². The molecule has 2 aromatic carbocycles. The summed E-state index contributed by atoms with van der Waals surface area (Å²) in [4.78, 5) is 14.4. The largest absolute Gasteiger partial charge is 0.468 e. The van der Waals surface area contributed by atoms with Gasteiger partial charge in [0.05, 0.1) is 13.2 Å². The van der Waals surface area contributed by atoms with E-state index >= 15 is 0 Å². The molecule has 0 spiro atoms. The zero-order valence-electron chi connectivity index (χ0n) is 15.0. The van der Waals surface area contributed by atoms with E-state index in [1.165, 1.54) is 7.11 Å². The molecule has 4 nitrogen and oxygen atoms in total. The molecule has 0 bridgehead atoms. The molecule has 0 heterocycles. The van der Waals surface area contributed by atoms with Gasteiger partial charge in [0.1, 0.15) is 6.04 Å². The lowest BCUT2D eigenvalue weighted by Crippen LogP contribution is -2.48. The minimum atomic E-state index is -0.759. The van der Waals surface area contributed by atoms with Crippen LogP contribution in [0.25, 0.3) is 0 Å². The van der Waals surface area contributed by atoms with Gasteiger partial charge in [-0.1, -0.05) is 74.0 Å². The summed E-state index contributed by atoms with van der Waals surface area (Å²) in [5.74, 6) is -0.396. The number of methoxy groups -OCH3 is 1.